The van der Waals surface area contributed by atoms with Crippen LogP contribution < -0.4 is 5.73 Å². The van der Waals surface area contributed by atoms with Crippen LogP contribution in [0.15, 0.2) is 29.4 Å². The van der Waals surface area contributed by atoms with Crippen molar-refractivity contribution in [3.8, 4) is 0 Å². The van der Waals surface area contributed by atoms with Gasteiger partial charge in [0.25, 0.3) is 0 Å². The molecule has 0 spiro atoms. The van der Waals surface area contributed by atoms with Gasteiger partial charge in [-0.05, 0) is 43.0 Å². The van der Waals surface area contributed by atoms with Gasteiger partial charge in [-0.15, -0.1) is 0 Å². The highest BCUT2D eigenvalue weighted by molar-refractivity contribution is 6.42. The van der Waals surface area contributed by atoms with E-state index in [1.165, 1.54) is 12.3 Å². The fourth-order valence-electron chi connectivity index (χ4n) is 3.74. The predicted molar refractivity (Wildman–Crippen MR) is 93.2 cm³/mol. The third kappa shape index (κ3) is 2.73. The summed E-state index contributed by atoms with van der Waals surface area (Å²) in [5.74, 6) is -0.843. The summed E-state index contributed by atoms with van der Waals surface area (Å²) in [6.45, 7) is 0. The lowest BCUT2D eigenvalue weighted by molar-refractivity contribution is 0.285. The molecule has 0 unspecified atom stereocenters. The Balaban J connectivity index is 1.72. The number of hydrogen-bond acceptors (Lipinski definition) is 2. The van der Waals surface area contributed by atoms with E-state index in [4.69, 9.17) is 28.9 Å². The molecule has 2 bridgehead atoms. The van der Waals surface area contributed by atoms with Crippen molar-refractivity contribution < 1.29 is 8.78 Å². The summed E-state index contributed by atoms with van der Waals surface area (Å²) < 4.78 is 28.1. The van der Waals surface area contributed by atoms with Gasteiger partial charge in [-0.1, -0.05) is 23.2 Å². The van der Waals surface area contributed by atoms with Gasteiger partial charge in [-0.25, -0.2) is 14.4 Å². The Kier molecular flexibility index (Phi) is 4.04. The average molecular weight is 383 g/mol. The summed E-state index contributed by atoms with van der Waals surface area (Å²) in [6, 6.07) is 4.20. The molecule has 2 N–H and O–H groups in total. The van der Waals surface area contributed by atoms with E-state index in [2.05, 4.69) is 9.98 Å². The Bertz CT molecular complexity index is 887. The third-order valence-electron chi connectivity index (χ3n) is 4.83. The minimum atomic E-state index is -0.600. The first kappa shape index (κ1) is 16.5. The summed E-state index contributed by atoms with van der Waals surface area (Å²) in [6.07, 6.45) is 3.66. The minimum Gasteiger partial charge on any atom is -0.369 e. The van der Waals surface area contributed by atoms with Crippen molar-refractivity contribution in [1.29, 1.82) is 0 Å². The molecule has 0 saturated carbocycles. The number of hydrogen-bond donors (Lipinski definition) is 1. The maximum atomic E-state index is 14.1. The van der Waals surface area contributed by atoms with Gasteiger partial charge in [0.1, 0.15) is 5.69 Å². The molecular weight excluding hydrogens is 369 g/mol. The highest BCUT2D eigenvalue weighted by atomic mass is 35.5. The first-order chi connectivity index (χ1) is 12.0. The Morgan fingerprint density at radius 2 is 2.00 bits per heavy atom. The normalized spacial score (nSPS) is 22.2. The van der Waals surface area contributed by atoms with Crippen LogP contribution in [0.3, 0.4) is 0 Å². The van der Waals surface area contributed by atoms with E-state index in [9.17, 15) is 8.78 Å². The number of nitrogens with two attached hydrogens (primary N) is 1. The minimum absolute atomic E-state index is 0.0192. The fourth-order valence-corrected chi connectivity index (χ4v) is 4.05. The maximum absolute atomic E-state index is 14.1. The van der Waals surface area contributed by atoms with Gasteiger partial charge in [0, 0.05) is 17.8 Å². The van der Waals surface area contributed by atoms with Gasteiger partial charge in [-0.2, -0.15) is 4.39 Å². The standard InChI is InChI=1S/C17H14Cl2F2N4/c18-11-6-13(20)14(7-12(11)19)24-17(22)25-8-1-2-15(25)9-3-4-23-16(21)10(9)5-8/h3-4,6-8,15H,1-2,5H2,(H2,22,24)/t8-,15+/m0/s1. The lowest BCUT2D eigenvalue weighted by Crippen LogP contribution is -2.46. The molecule has 2 aliphatic heterocycles. The second-order valence-electron chi connectivity index (χ2n) is 6.22. The number of nitrogens with zero attached hydrogens (tertiary/aromatic N) is 3. The zero-order valence-electron chi connectivity index (χ0n) is 13.0. The van der Waals surface area contributed by atoms with Gasteiger partial charge < -0.3 is 10.6 Å². The number of benzene rings is 1. The number of halogens is 4. The van der Waals surface area contributed by atoms with Crippen molar-refractivity contribution in [2.45, 2.75) is 31.3 Å². The van der Waals surface area contributed by atoms with Crippen LogP contribution in [-0.2, 0) is 6.42 Å². The molecule has 8 heteroatoms. The fraction of sp³-hybridized carbons (Fsp3) is 0.294. The molecule has 130 valence electrons. The first-order valence-electron chi connectivity index (χ1n) is 7.86. The van der Waals surface area contributed by atoms with E-state index in [1.807, 2.05) is 11.0 Å². The van der Waals surface area contributed by atoms with Crippen molar-refractivity contribution in [2.75, 3.05) is 0 Å². The van der Waals surface area contributed by atoms with Crippen molar-refractivity contribution in [3.05, 3.63) is 57.3 Å². The first-order valence-corrected chi connectivity index (χ1v) is 8.61. The lowest BCUT2D eigenvalue weighted by Gasteiger charge is -2.37. The Labute approximate surface area is 153 Å². The molecule has 3 heterocycles. The summed E-state index contributed by atoms with van der Waals surface area (Å²) in [7, 11) is 0. The molecule has 25 heavy (non-hydrogen) atoms. The van der Waals surface area contributed by atoms with Crippen molar-refractivity contribution in [1.82, 2.24) is 9.88 Å². The van der Waals surface area contributed by atoms with Crippen LogP contribution in [0, 0.1) is 11.8 Å². The Hall–Kier alpha value is -1.92. The van der Waals surface area contributed by atoms with Crippen molar-refractivity contribution in [3.63, 3.8) is 0 Å². The summed E-state index contributed by atoms with van der Waals surface area (Å²) in [4.78, 5) is 9.88. The van der Waals surface area contributed by atoms with E-state index in [0.717, 1.165) is 24.5 Å². The van der Waals surface area contributed by atoms with Crippen LogP contribution in [0.1, 0.15) is 30.0 Å². The second-order valence-corrected chi connectivity index (χ2v) is 7.03. The topological polar surface area (TPSA) is 54.5 Å². The van der Waals surface area contributed by atoms with Crippen LogP contribution in [0.2, 0.25) is 10.0 Å². The molecule has 1 saturated heterocycles. The molecule has 1 aromatic carbocycles. The van der Waals surface area contributed by atoms with Crippen LogP contribution in [0.25, 0.3) is 0 Å². The predicted octanol–water partition coefficient (Wildman–Crippen LogP) is 4.37. The summed E-state index contributed by atoms with van der Waals surface area (Å²) >= 11 is 11.7. The number of pyridine rings is 1. The maximum Gasteiger partial charge on any atom is 0.216 e. The van der Waals surface area contributed by atoms with Crippen LogP contribution in [0.4, 0.5) is 14.5 Å². The number of guanidine groups is 1. The Morgan fingerprint density at radius 1 is 1.24 bits per heavy atom. The highest BCUT2D eigenvalue weighted by Gasteiger charge is 2.42. The third-order valence-corrected chi connectivity index (χ3v) is 5.55. The summed E-state index contributed by atoms with van der Waals surface area (Å²) in [5, 5.41) is 0.321. The molecule has 0 aliphatic carbocycles. The van der Waals surface area contributed by atoms with E-state index < -0.39 is 11.8 Å². The average Bonchev–Trinajstić information content (AvgIpc) is 2.89. The second kappa shape index (κ2) is 6.11. The largest absolute Gasteiger partial charge is 0.369 e. The SMILES string of the molecule is NC(=Nc1cc(Cl)c(Cl)cc1F)N1[C@H]2CC[C@@H]1c1ccnc(F)c1C2. The molecule has 2 aromatic rings. The monoisotopic (exact) mass is 382 g/mol. The van der Waals surface area contributed by atoms with Crippen molar-refractivity contribution in [2.24, 2.45) is 10.7 Å². The Morgan fingerprint density at radius 3 is 2.80 bits per heavy atom. The van der Waals surface area contributed by atoms with E-state index >= 15 is 0 Å². The zero-order valence-corrected chi connectivity index (χ0v) is 14.5. The lowest BCUT2D eigenvalue weighted by atomic mass is 9.95. The number of aromatic nitrogens is 1. The van der Waals surface area contributed by atoms with E-state index in [0.29, 0.717) is 12.0 Å². The van der Waals surface area contributed by atoms with E-state index in [1.54, 1.807) is 0 Å². The molecule has 1 aromatic heterocycles. The van der Waals surface area contributed by atoms with Crippen molar-refractivity contribution >= 4 is 34.8 Å². The van der Waals surface area contributed by atoms with E-state index in [-0.39, 0.29) is 33.8 Å². The zero-order chi connectivity index (χ0) is 17.7. The summed E-state index contributed by atoms with van der Waals surface area (Å²) in [5.41, 5.74) is 7.71. The molecule has 0 radical (unpaired) electrons. The van der Waals surface area contributed by atoms with Crippen LogP contribution in [0.5, 0.6) is 0 Å². The number of fused-ring (bicyclic) bond motifs is 4. The van der Waals surface area contributed by atoms with Gasteiger partial charge in [0.2, 0.25) is 5.95 Å². The van der Waals surface area contributed by atoms with Gasteiger partial charge in [0.05, 0.1) is 16.1 Å². The van der Waals surface area contributed by atoms with Gasteiger partial charge in [0.15, 0.2) is 11.8 Å². The van der Waals surface area contributed by atoms with Gasteiger partial charge in [-0.3, -0.25) is 0 Å². The molecule has 2 aliphatic rings. The molecule has 1 fully saturated rings. The smallest absolute Gasteiger partial charge is 0.216 e. The quantitative estimate of drug-likeness (QED) is 0.344. The molecule has 2 atom stereocenters. The molecular formula is C17H14Cl2F2N4. The number of aliphatic imine (C=N–C) groups is 1. The van der Waals surface area contributed by atoms with Crippen LogP contribution in [-0.4, -0.2) is 21.9 Å². The number of rotatable bonds is 1. The van der Waals surface area contributed by atoms with Gasteiger partial charge >= 0.3 is 0 Å². The molecule has 4 rings (SSSR count). The molecule has 4 nitrogen and oxygen atoms in total. The molecule has 0 amide bonds. The highest BCUT2D eigenvalue weighted by Crippen LogP contribution is 2.44. The van der Waals surface area contributed by atoms with Crippen LogP contribution >= 0.6 is 23.2 Å².